The third-order valence-electron chi connectivity index (χ3n) is 5.74. The topological polar surface area (TPSA) is 99.3 Å². The summed E-state index contributed by atoms with van der Waals surface area (Å²) in [6.45, 7) is 0.819. The fourth-order valence-corrected chi connectivity index (χ4v) is 4.26. The first-order valence-corrected chi connectivity index (χ1v) is 10.8. The number of rotatable bonds is 5. The minimum absolute atomic E-state index is 0.676. The van der Waals surface area contributed by atoms with E-state index in [2.05, 4.69) is 59.3 Å². The van der Waals surface area contributed by atoms with Crippen molar-refractivity contribution in [2.45, 2.75) is 13.0 Å². The number of H-pyrrole nitrogens is 2. The third kappa shape index (κ3) is 3.50. The molecule has 8 nitrogen and oxygen atoms in total. The van der Waals surface area contributed by atoms with E-state index in [9.17, 15) is 0 Å². The molecule has 6 rings (SSSR count). The molecule has 0 radical (unpaired) electrons. The van der Waals surface area contributed by atoms with E-state index in [4.69, 9.17) is 4.98 Å². The average Bonchev–Trinajstić information content (AvgIpc) is 3.57. The van der Waals surface area contributed by atoms with Crippen molar-refractivity contribution < 1.29 is 0 Å². The summed E-state index contributed by atoms with van der Waals surface area (Å²) in [6.07, 6.45) is 14.8. The first-order chi connectivity index (χ1) is 16.2. The standard InChI is InChI=1S/C25H22N8/c1-33(2)14-15-9-17(12-26-11-15)20-10-19-21(13-28-20)31-32-23(19)25-29-22-18(16-5-3-4-6-16)7-8-27-24(22)30-25/h3,5-13H,4,14H2,1-2H3,(H,31,32)(H,27,29,30). The van der Waals surface area contributed by atoms with Gasteiger partial charge < -0.3 is 9.88 Å². The largest absolute Gasteiger partial charge is 0.335 e. The number of hydrogen-bond acceptors (Lipinski definition) is 6. The van der Waals surface area contributed by atoms with Crippen molar-refractivity contribution in [1.29, 1.82) is 0 Å². The lowest BCUT2D eigenvalue weighted by atomic mass is 10.1. The fraction of sp³-hybridized carbons (Fsp3) is 0.160. The zero-order valence-corrected chi connectivity index (χ0v) is 18.4. The Labute approximate surface area is 190 Å². The zero-order valence-electron chi connectivity index (χ0n) is 18.4. The highest BCUT2D eigenvalue weighted by Gasteiger charge is 2.17. The van der Waals surface area contributed by atoms with Crippen molar-refractivity contribution in [2.75, 3.05) is 14.1 Å². The van der Waals surface area contributed by atoms with Gasteiger partial charge in [0.1, 0.15) is 5.69 Å². The van der Waals surface area contributed by atoms with Crippen LogP contribution in [0, 0.1) is 0 Å². The van der Waals surface area contributed by atoms with Gasteiger partial charge in [0.15, 0.2) is 11.5 Å². The molecular weight excluding hydrogens is 412 g/mol. The highest BCUT2D eigenvalue weighted by molar-refractivity contribution is 5.96. The van der Waals surface area contributed by atoms with E-state index in [1.54, 1.807) is 12.4 Å². The van der Waals surface area contributed by atoms with Crippen molar-refractivity contribution in [3.8, 4) is 22.8 Å². The smallest absolute Gasteiger partial charge is 0.178 e. The summed E-state index contributed by atoms with van der Waals surface area (Å²) in [5.41, 5.74) is 8.40. The Kier molecular flexibility index (Phi) is 4.58. The number of allylic oxidation sites excluding steroid dienone is 4. The minimum Gasteiger partial charge on any atom is -0.335 e. The molecule has 5 aromatic heterocycles. The Morgan fingerprint density at radius 2 is 2.03 bits per heavy atom. The first kappa shape index (κ1) is 19.5. The molecule has 0 amide bonds. The molecule has 0 saturated heterocycles. The van der Waals surface area contributed by atoms with Crippen LogP contribution in [-0.4, -0.2) is 54.1 Å². The first-order valence-electron chi connectivity index (χ1n) is 10.8. The van der Waals surface area contributed by atoms with Gasteiger partial charge in [-0.3, -0.25) is 15.1 Å². The number of hydrogen-bond donors (Lipinski definition) is 2. The van der Waals surface area contributed by atoms with Crippen molar-refractivity contribution in [2.24, 2.45) is 0 Å². The van der Waals surface area contributed by atoms with Gasteiger partial charge in [-0.15, -0.1) is 0 Å². The van der Waals surface area contributed by atoms with Gasteiger partial charge in [0.2, 0.25) is 0 Å². The number of aromatic amines is 2. The van der Waals surface area contributed by atoms with E-state index >= 15 is 0 Å². The molecule has 162 valence electrons. The molecule has 0 bridgehead atoms. The van der Waals surface area contributed by atoms with Crippen molar-refractivity contribution in [3.05, 3.63) is 72.3 Å². The molecule has 5 heterocycles. The highest BCUT2D eigenvalue weighted by atomic mass is 15.1. The Morgan fingerprint density at radius 1 is 1.09 bits per heavy atom. The second-order valence-corrected chi connectivity index (χ2v) is 8.45. The Morgan fingerprint density at radius 3 is 2.88 bits per heavy atom. The SMILES string of the molecule is CN(C)Cc1cncc(-c2cc3c(-c4nc5nccc(C6=CCC=C6)c5[nH]4)n[nH]c3cn2)c1. The number of nitrogens with zero attached hydrogens (tertiary/aromatic N) is 6. The number of fused-ring (bicyclic) bond motifs is 2. The van der Waals surface area contributed by atoms with Gasteiger partial charge in [-0.25, -0.2) is 9.97 Å². The van der Waals surface area contributed by atoms with Gasteiger partial charge in [-0.1, -0.05) is 18.2 Å². The van der Waals surface area contributed by atoms with E-state index in [0.717, 1.165) is 57.5 Å². The van der Waals surface area contributed by atoms with Gasteiger partial charge in [-0.2, -0.15) is 5.10 Å². The molecule has 5 aromatic rings. The highest BCUT2D eigenvalue weighted by Crippen LogP contribution is 2.31. The summed E-state index contributed by atoms with van der Waals surface area (Å²) in [5, 5.41) is 8.56. The maximum absolute atomic E-state index is 4.75. The van der Waals surface area contributed by atoms with Crippen LogP contribution in [0.15, 0.2) is 61.2 Å². The van der Waals surface area contributed by atoms with Crippen LogP contribution >= 0.6 is 0 Å². The Balaban J connectivity index is 1.45. The maximum atomic E-state index is 4.75. The normalized spacial score (nSPS) is 13.5. The number of aromatic nitrogens is 7. The molecule has 0 aliphatic heterocycles. The molecule has 0 unspecified atom stereocenters. The molecule has 0 aromatic carbocycles. The van der Waals surface area contributed by atoms with Crippen LogP contribution in [0.4, 0.5) is 0 Å². The summed E-state index contributed by atoms with van der Waals surface area (Å²) < 4.78 is 0. The van der Waals surface area contributed by atoms with E-state index in [-0.39, 0.29) is 0 Å². The van der Waals surface area contributed by atoms with Crippen LogP contribution in [0.1, 0.15) is 17.5 Å². The molecule has 0 spiro atoms. The average molecular weight is 435 g/mol. The number of nitrogens with one attached hydrogen (secondary N) is 2. The van der Waals surface area contributed by atoms with Crippen molar-refractivity contribution >= 4 is 27.6 Å². The Bertz CT molecular complexity index is 1550. The number of imidazole rings is 1. The van der Waals surface area contributed by atoms with E-state index in [1.165, 1.54) is 5.57 Å². The minimum atomic E-state index is 0.676. The van der Waals surface area contributed by atoms with Crippen LogP contribution in [-0.2, 0) is 6.54 Å². The number of pyridine rings is 3. The third-order valence-corrected chi connectivity index (χ3v) is 5.74. The molecule has 2 N–H and O–H groups in total. The summed E-state index contributed by atoms with van der Waals surface area (Å²) in [7, 11) is 4.09. The summed E-state index contributed by atoms with van der Waals surface area (Å²) in [4.78, 5) is 23.8. The van der Waals surface area contributed by atoms with Crippen molar-refractivity contribution in [1.82, 2.24) is 40.0 Å². The summed E-state index contributed by atoms with van der Waals surface area (Å²) >= 11 is 0. The van der Waals surface area contributed by atoms with E-state index in [0.29, 0.717) is 11.5 Å². The zero-order chi connectivity index (χ0) is 22.4. The van der Waals surface area contributed by atoms with Crippen LogP contribution < -0.4 is 0 Å². The van der Waals surface area contributed by atoms with Gasteiger partial charge in [-0.05, 0) is 49.9 Å². The lowest BCUT2D eigenvalue weighted by molar-refractivity contribution is 0.402. The summed E-state index contributed by atoms with van der Waals surface area (Å²) in [6, 6.07) is 6.18. The van der Waals surface area contributed by atoms with Gasteiger partial charge in [0, 0.05) is 41.6 Å². The molecule has 33 heavy (non-hydrogen) atoms. The monoisotopic (exact) mass is 434 g/mol. The lowest BCUT2D eigenvalue weighted by Gasteiger charge is -2.10. The maximum Gasteiger partial charge on any atom is 0.178 e. The molecular formula is C25H22N8. The van der Waals surface area contributed by atoms with Crippen LogP contribution in [0.2, 0.25) is 0 Å². The van der Waals surface area contributed by atoms with Crippen LogP contribution in [0.3, 0.4) is 0 Å². The van der Waals surface area contributed by atoms with Gasteiger partial charge in [0.25, 0.3) is 0 Å². The fourth-order valence-electron chi connectivity index (χ4n) is 4.26. The molecule has 1 aliphatic rings. The molecule has 0 atom stereocenters. The predicted octanol–water partition coefficient (Wildman–Crippen LogP) is 4.36. The molecule has 0 saturated carbocycles. The second-order valence-electron chi connectivity index (χ2n) is 8.45. The summed E-state index contributed by atoms with van der Waals surface area (Å²) in [5.74, 6) is 0.676. The predicted molar refractivity (Wildman–Crippen MR) is 129 cm³/mol. The van der Waals surface area contributed by atoms with Gasteiger partial charge >= 0.3 is 0 Å². The van der Waals surface area contributed by atoms with Crippen LogP contribution in [0.5, 0.6) is 0 Å². The molecule has 0 fully saturated rings. The molecule has 8 heteroatoms. The van der Waals surface area contributed by atoms with E-state index in [1.807, 2.05) is 38.6 Å². The molecule has 1 aliphatic carbocycles. The van der Waals surface area contributed by atoms with Crippen LogP contribution in [0.25, 0.3) is 50.4 Å². The second kappa shape index (κ2) is 7.75. The quantitative estimate of drug-likeness (QED) is 0.426. The van der Waals surface area contributed by atoms with Gasteiger partial charge in [0.05, 0.1) is 22.9 Å². The lowest BCUT2D eigenvalue weighted by Crippen LogP contribution is -2.10. The Hall–Kier alpha value is -4.17. The van der Waals surface area contributed by atoms with Crippen molar-refractivity contribution in [3.63, 3.8) is 0 Å². The van der Waals surface area contributed by atoms with E-state index < -0.39 is 0 Å².